The number of morpholine rings is 1. The smallest absolute Gasteiger partial charge is 0.274 e. The zero-order valence-corrected chi connectivity index (χ0v) is 14.1. The lowest BCUT2D eigenvalue weighted by Crippen LogP contribution is -2.48. The van der Waals surface area contributed by atoms with Gasteiger partial charge in [-0.25, -0.2) is 0 Å². The molecule has 0 aliphatic carbocycles. The van der Waals surface area contributed by atoms with Gasteiger partial charge in [0.05, 0.1) is 19.2 Å². The molecule has 0 bridgehead atoms. The number of rotatable bonds is 2. The van der Waals surface area contributed by atoms with E-state index >= 15 is 0 Å². The molecule has 1 saturated heterocycles. The lowest BCUT2D eigenvalue weighted by atomic mass is 9.98. The summed E-state index contributed by atoms with van der Waals surface area (Å²) in [5, 5.41) is 6.93. The van der Waals surface area contributed by atoms with Crippen molar-refractivity contribution in [2.75, 3.05) is 13.2 Å². The molecule has 1 aliphatic rings. The first-order valence-electron chi connectivity index (χ1n) is 7.97. The average molecular weight is 313 g/mol. The lowest BCUT2D eigenvalue weighted by molar-refractivity contribution is -0.0491. The minimum Gasteiger partial charge on any atom is -0.370 e. The zero-order chi connectivity index (χ0) is 16.6. The van der Waals surface area contributed by atoms with Crippen LogP contribution in [0.15, 0.2) is 24.3 Å². The van der Waals surface area contributed by atoms with Crippen LogP contribution in [-0.4, -0.2) is 40.2 Å². The van der Waals surface area contributed by atoms with Gasteiger partial charge in [-0.05, 0) is 44.9 Å². The van der Waals surface area contributed by atoms with Gasteiger partial charge in [0.1, 0.15) is 11.8 Å². The zero-order valence-electron chi connectivity index (χ0n) is 14.1. The molecule has 2 heterocycles. The fourth-order valence-electron chi connectivity index (χ4n) is 3.01. The van der Waals surface area contributed by atoms with Crippen molar-refractivity contribution in [3.8, 4) is 0 Å². The minimum atomic E-state index is -0.0879. The predicted molar refractivity (Wildman–Crippen MR) is 88.4 cm³/mol. The molecule has 0 saturated carbocycles. The Balaban J connectivity index is 1.84. The van der Waals surface area contributed by atoms with Gasteiger partial charge in [0.25, 0.3) is 5.91 Å². The first-order chi connectivity index (χ1) is 11.0. The highest BCUT2D eigenvalue weighted by Gasteiger charge is 2.32. The number of carbonyl (C=O) groups is 1. The summed E-state index contributed by atoms with van der Waals surface area (Å²) in [5.41, 5.74) is 4.91. The van der Waals surface area contributed by atoms with Crippen LogP contribution in [0.3, 0.4) is 0 Å². The van der Waals surface area contributed by atoms with Crippen molar-refractivity contribution in [3.63, 3.8) is 0 Å². The Labute approximate surface area is 136 Å². The maximum Gasteiger partial charge on any atom is 0.274 e. The van der Waals surface area contributed by atoms with Gasteiger partial charge >= 0.3 is 0 Å². The summed E-state index contributed by atoms with van der Waals surface area (Å²) in [4.78, 5) is 14.6. The van der Waals surface area contributed by atoms with E-state index in [1.54, 1.807) is 6.07 Å². The Kier molecular flexibility index (Phi) is 4.22. The number of benzene rings is 1. The third-order valence-corrected chi connectivity index (χ3v) is 4.40. The van der Waals surface area contributed by atoms with E-state index in [-0.39, 0.29) is 18.1 Å². The summed E-state index contributed by atoms with van der Waals surface area (Å²) in [6, 6.07) is 8.19. The molecule has 0 spiro atoms. The minimum absolute atomic E-state index is 0.0412. The molecule has 1 aliphatic heterocycles. The van der Waals surface area contributed by atoms with E-state index in [1.807, 2.05) is 18.7 Å². The van der Waals surface area contributed by atoms with Gasteiger partial charge in [-0.1, -0.05) is 23.8 Å². The quantitative estimate of drug-likeness (QED) is 0.927. The average Bonchev–Trinajstić information content (AvgIpc) is 2.96. The predicted octanol–water partition coefficient (Wildman–Crippen LogP) is 2.94. The standard InChI is InChI=1S/C18H23N3O2/c1-11-5-6-12(2)15(7-11)17-9-21(14(4)10-23-17)18(22)16-8-13(3)19-20-16/h5-8,14,17H,9-10H2,1-4H3,(H,19,20)/t14-,17+/m0/s1. The molecule has 23 heavy (non-hydrogen) atoms. The summed E-state index contributed by atoms with van der Waals surface area (Å²) < 4.78 is 6.01. The van der Waals surface area contributed by atoms with Crippen LogP contribution in [0.1, 0.15) is 45.9 Å². The van der Waals surface area contributed by atoms with Gasteiger partial charge in [-0.15, -0.1) is 0 Å². The van der Waals surface area contributed by atoms with Gasteiger partial charge in [-0.2, -0.15) is 5.10 Å². The van der Waals surface area contributed by atoms with Crippen molar-refractivity contribution < 1.29 is 9.53 Å². The molecule has 2 aromatic rings. The summed E-state index contributed by atoms with van der Waals surface area (Å²) in [7, 11) is 0. The largest absolute Gasteiger partial charge is 0.370 e. The van der Waals surface area contributed by atoms with E-state index < -0.39 is 0 Å². The van der Waals surface area contributed by atoms with Crippen molar-refractivity contribution in [1.82, 2.24) is 15.1 Å². The maximum atomic E-state index is 12.7. The Morgan fingerprint density at radius 2 is 2.09 bits per heavy atom. The van der Waals surface area contributed by atoms with Crippen LogP contribution in [0.2, 0.25) is 0 Å². The maximum absolute atomic E-state index is 12.7. The molecule has 3 rings (SSSR count). The highest BCUT2D eigenvalue weighted by molar-refractivity contribution is 5.92. The summed E-state index contributed by atoms with van der Waals surface area (Å²) in [6.45, 7) is 9.15. The molecule has 1 amide bonds. The van der Waals surface area contributed by atoms with Crippen molar-refractivity contribution in [2.45, 2.75) is 39.8 Å². The second kappa shape index (κ2) is 6.16. The molecule has 2 atom stereocenters. The summed E-state index contributed by atoms with van der Waals surface area (Å²) >= 11 is 0. The van der Waals surface area contributed by atoms with E-state index in [0.717, 1.165) is 11.3 Å². The topological polar surface area (TPSA) is 58.2 Å². The van der Waals surface area contributed by atoms with Crippen LogP contribution < -0.4 is 0 Å². The molecular formula is C18H23N3O2. The molecule has 1 N–H and O–H groups in total. The second-order valence-electron chi connectivity index (χ2n) is 6.42. The van der Waals surface area contributed by atoms with Crippen molar-refractivity contribution in [2.24, 2.45) is 0 Å². The number of ether oxygens (including phenoxy) is 1. The number of aromatic amines is 1. The Morgan fingerprint density at radius 1 is 1.30 bits per heavy atom. The number of nitrogens with one attached hydrogen (secondary N) is 1. The molecule has 1 aromatic heterocycles. The van der Waals surface area contributed by atoms with Crippen LogP contribution in [0.25, 0.3) is 0 Å². The first kappa shape index (κ1) is 15.7. The van der Waals surface area contributed by atoms with Crippen LogP contribution in [0.5, 0.6) is 0 Å². The van der Waals surface area contributed by atoms with E-state index in [2.05, 4.69) is 42.2 Å². The number of aromatic nitrogens is 2. The van der Waals surface area contributed by atoms with Gasteiger partial charge in [-0.3, -0.25) is 9.89 Å². The number of amides is 1. The number of aryl methyl sites for hydroxylation is 3. The van der Waals surface area contributed by atoms with Crippen LogP contribution >= 0.6 is 0 Å². The third-order valence-electron chi connectivity index (χ3n) is 4.40. The van der Waals surface area contributed by atoms with Crippen molar-refractivity contribution in [1.29, 1.82) is 0 Å². The molecule has 0 unspecified atom stereocenters. The highest BCUT2D eigenvalue weighted by atomic mass is 16.5. The fourth-order valence-corrected chi connectivity index (χ4v) is 3.01. The Morgan fingerprint density at radius 3 is 2.78 bits per heavy atom. The number of nitrogens with zero attached hydrogens (tertiary/aromatic N) is 2. The Hall–Kier alpha value is -2.14. The monoisotopic (exact) mass is 313 g/mol. The summed E-state index contributed by atoms with van der Waals surface area (Å²) in [5.74, 6) is -0.0412. The Bertz CT molecular complexity index is 723. The number of hydrogen-bond acceptors (Lipinski definition) is 3. The molecule has 1 aromatic carbocycles. The van der Waals surface area contributed by atoms with Gasteiger partial charge in [0.2, 0.25) is 0 Å². The van der Waals surface area contributed by atoms with Crippen LogP contribution in [0, 0.1) is 20.8 Å². The van der Waals surface area contributed by atoms with Gasteiger partial charge in [0.15, 0.2) is 0 Å². The number of hydrogen-bond donors (Lipinski definition) is 1. The van der Waals surface area contributed by atoms with E-state index in [4.69, 9.17) is 4.74 Å². The molecular weight excluding hydrogens is 290 g/mol. The van der Waals surface area contributed by atoms with Crippen molar-refractivity contribution >= 4 is 5.91 Å². The van der Waals surface area contributed by atoms with Crippen LogP contribution in [-0.2, 0) is 4.74 Å². The normalized spacial score (nSPS) is 21.5. The lowest BCUT2D eigenvalue weighted by Gasteiger charge is -2.38. The van der Waals surface area contributed by atoms with Crippen LogP contribution in [0.4, 0.5) is 0 Å². The number of carbonyl (C=O) groups excluding carboxylic acids is 1. The highest BCUT2D eigenvalue weighted by Crippen LogP contribution is 2.28. The van der Waals surface area contributed by atoms with E-state index in [1.165, 1.54) is 11.1 Å². The first-order valence-corrected chi connectivity index (χ1v) is 7.97. The number of H-pyrrole nitrogens is 1. The molecule has 1 fully saturated rings. The molecule has 0 radical (unpaired) electrons. The molecule has 5 heteroatoms. The molecule has 5 nitrogen and oxygen atoms in total. The molecule has 122 valence electrons. The van der Waals surface area contributed by atoms with Crippen molar-refractivity contribution in [3.05, 3.63) is 52.3 Å². The van der Waals surface area contributed by atoms with Gasteiger partial charge < -0.3 is 9.64 Å². The van der Waals surface area contributed by atoms with E-state index in [9.17, 15) is 4.79 Å². The summed E-state index contributed by atoms with van der Waals surface area (Å²) in [6.07, 6.45) is -0.0879. The van der Waals surface area contributed by atoms with E-state index in [0.29, 0.717) is 18.8 Å². The second-order valence-corrected chi connectivity index (χ2v) is 6.42. The van der Waals surface area contributed by atoms with Gasteiger partial charge in [0, 0.05) is 5.69 Å². The fraction of sp³-hybridized carbons (Fsp3) is 0.444. The SMILES string of the molecule is Cc1ccc(C)c([C@H]2CN(C(=O)c3cc(C)[nH]n3)[C@@H](C)CO2)c1. The third kappa shape index (κ3) is 3.15.